The third-order valence-electron chi connectivity index (χ3n) is 7.82. The number of rotatable bonds is 10. The molecule has 5 rings (SSSR count). The Morgan fingerprint density at radius 1 is 1.10 bits per heavy atom. The quantitative estimate of drug-likeness (QED) is 0.275. The molecule has 0 aromatic carbocycles. The van der Waals surface area contributed by atoms with Gasteiger partial charge in [-0.2, -0.15) is 0 Å². The molecule has 5 aliphatic rings. The van der Waals surface area contributed by atoms with Gasteiger partial charge in [0.05, 0.1) is 6.61 Å². The van der Waals surface area contributed by atoms with Crippen LogP contribution in [0.3, 0.4) is 0 Å². The normalized spacial score (nSPS) is 44.0. The van der Waals surface area contributed by atoms with E-state index in [0.717, 1.165) is 38.0 Å². The molecule has 178 valence electrons. The summed E-state index contributed by atoms with van der Waals surface area (Å²) in [4.78, 5) is 12.1. The van der Waals surface area contributed by atoms with E-state index in [2.05, 4.69) is 20.4 Å². The Morgan fingerprint density at radius 2 is 1.90 bits per heavy atom. The van der Waals surface area contributed by atoms with Crippen molar-refractivity contribution in [3.05, 3.63) is 11.6 Å². The lowest BCUT2D eigenvalue weighted by atomic mass is 9.58. The second kappa shape index (κ2) is 10.2. The van der Waals surface area contributed by atoms with Crippen molar-refractivity contribution >= 4 is 23.4 Å². The molecule has 0 radical (unpaired) electrons. The second-order valence-corrected chi connectivity index (χ2v) is 11.9. The molecule has 5 nitrogen and oxygen atoms in total. The van der Waals surface area contributed by atoms with Crippen LogP contribution in [0, 0.1) is 23.7 Å². The molecule has 8 atom stereocenters. The summed E-state index contributed by atoms with van der Waals surface area (Å²) >= 11 is 7.66. The first-order valence-electron chi connectivity index (χ1n) is 12.1. The van der Waals surface area contributed by atoms with Crippen molar-refractivity contribution in [2.45, 2.75) is 95.3 Å². The van der Waals surface area contributed by atoms with E-state index in [1.807, 2.05) is 18.7 Å². The van der Waals surface area contributed by atoms with Gasteiger partial charge in [-0.25, -0.2) is 9.78 Å². The number of thioether (sulfide) groups is 1. The minimum Gasteiger partial charge on any atom is -0.376 e. The zero-order valence-corrected chi connectivity index (χ0v) is 20.8. The third-order valence-corrected chi connectivity index (χ3v) is 9.32. The van der Waals surface area contributed by atoms with Gasteiger partial charge in [0, 0.05) is 24.0 Å². The van der Waals surface area contributed by atoms with Gasteiger partial charge in [0.2, 0.25) is 5.79 Å². The predicted molar refractivity (Wildman–Crippen MR) is 124 cm³/mol. The summed E-state index contributed by atoms with van der Waals surface area (Å²) in [5.74, 6) is 2.30. The summed E-state index contributed by atoms with van der Waals surface area (Å²) in [6, 6.07) is 0. The Morgan fingerprint density at radius 3 is 2.71 bits per heavy atom. The molecule has 31 heavy (non-hydrogen) atoms. The van der Waals surface area contributed by atoms with Gasteiger partial charge in [0.15, 0.2) is 11.9 Å². The lowest BCUT2D eigenvalue weighted by Gasteiger charge is -2.60. The highest BCUT2D eigenvalue weighted by atomic mass is 35.5. The van der Waals surface area contributed by atoms with Crippen molar-refractivity contribution in [1.82, 2.24) is 0 Å². The maximum Gasteiger partial charge on any atom is 0.201 e. The van der Waals surface area contributed by atoms with Crippen molar-refractivity contribution in [2.75, 3.05) is 19.0 Å². The molecule has 4 saturated heterocycles. The van der Waals surface area contributed by atoms with E-state index in [1.165, 1.54) is 25.7 Å². The molecule has 1 spiro atoms. The average Bonchev–Trinajstić information content (AvgIpc) is 2.96. The maximum absolute atomic E-state index is 6.63. The lowest BCUT2D eigenvalue weighted by Crippen LogP contribution is -2.70. The van der Waals surface area contributed by atoms with Crippen LogP contribution in [0.25, 0.3) is 0 Å². The Labute approximate surface area is 196 Å². The average molecular weight is 475 g/mol. The molecule has 4 aliphatic heterocycles. The molecule has 0 aromatic heterocycles. The fraction of sp³-hybridized carbons (Fsp3) is 0.917. The summed E-state index contributed by atoms with van der Waals surface area (Å²) in [6.45, 7) is 11.5. The Hall–Kier alpha value is 0.180. The molecule has 0 amide bonds. The number of hydrogen-bond donors (Lipinski definition) is 0. The van der Waals surface area contributed by atoms with Crippen LogP contribution in [0.5, 0.6) is 0 Å². The molecule has 1 unspecified atom stereocenters. The first-order chi connectivity index (χ1) is 14.9. The van der Waals surface area contributed by atoms with Gasteiger partial charge in [0.1, 0.15) is 5.44 Å². The van der Waals surface area contributed by atoms with Gasteiger partial charge in [-0.05, 0) is 62.5 Å². The van der Waals surface area contributed by atoms with Crippen LogP contribution in [0.2, 0.25) is 0 Å². The van der Waals surface area contributed by atoms with Crippen LogP contribution in [0.1, 0.15) is 72.1 Å². The van der Waals surface area contributed by atoms with Crippen molar-refractivity contribution in [3.63, 3.8) is 0 Å². The van der Waals surface area contributed by atoms with Gasteiger partial charge >= 0.3 is 0 Å². The Kier molecular flexibility index (Phi) is 8.00. The van der Waals surface area contributed by atoms with Gasteiger partial charge in [-0.3, -0.25) is 0 Å². The van der Waals surface area contributed by atoms with E-state index >= 15 is 0 Å². The zero-order chi connectivity index (χ0) is 22.1. The topological polar surface area (TPSA) is 46.2 Å². The van der Waals surface area contributed by atoms with Gasteiger partial charge < -0.3 is 14.2 Å². The van der Waals surface area contributed by atoms with E-state index in [4.69, 9.17) is 35.6 Å². The summed E-state index contributed by atoms with van der Waals surface area (Å²) in [6.07, 6.45) is 8.69. The molecule has 1 saturated carbocycles. The van der Waals surface area contributed by atoms with Gasteiger partial charge in [-0.15, -0.1) is 11.8 Å². The van der Waals surface area contributed by atoms with Gasteiger partial charge in [-0.1, -0.05) is 44.9 Å². The molecule has 4 heterocycles. The number of ether oxygens (including phenoxy) is 3. The van der Waals surface area contributed by atoms with Crippen LogP contribution in [0.15, 0.2) is 11.6 Å². The van der Waals surface area contributed by atoms with Crippen molar-refractivity contribution < 1.29 is 24.0 Å². The second-order valence-electron chi connectivity index (χ2n) is 10.1. The van der Waals surface area contributed by atoms with Crippen LogP contribution in [0.4, 0.5) is 0 Å². The molecule has 1 aliphatic carbocycles. The third kappa shape index (κ3) is 5.01. The lowest BCUT2D eigenvalue weighted by molar-refractivity contribution is -0.568. The smallest absolute Gasteiger partial charge is 0.201 e. The van der Waals surface area contributed by atoms with Crippen LogP contribution >= 0.6 is 23.4 Å². The first-order valence-corrected chi connectivity index (χ1v) is 13.5. The molecule has 0 aromatic rings. The number of hydrogen-bond acceptors (Lipinski definition) is 6. The van der Waals surface area contributed by atoms with E-state index in [1.54, 1.807) is 0 Å². The van der Waals surface area contributed by atoms with Crippen molar-refractivity contribution in [3.8, 4) is 0 Å². The fourth-order valence-electron chi connectivity index (χ4n) is 6.10. The van der Waals surface area contributed by atoms with E-state index in [0.29, 0.717) is 35.3 Å². The Balaban J connectivity index is 1.29. The highest BCUT2D eigenvalue weighted by Gasteiger charge is 2.69. The minimum absolute atomic E-state index is 0.152. The molecule has 2 bridgehead atoms. The van der Waals surface area contributed by atoms with Crippen molar-refractivity contribution in [2.24, 2.45) is 23.7 Å². The summed E-state index contributed by atoms with van der Waals surface area (Å²) in [5, 5.41) is 0.565. The largest absolute Gasteiger partial charge is 0.376 e. The number of halogens is 1. The van der Waals surface area contributed by atoms with Crippen LogP contribution in [-0.2, 0) is 24.0 Å². The molecular weight excluding hydrogens is 436 g/mol. The van der Waals surface area contributed by atoms with E-state index < -0.39 is 11.4 Å². The molecule has 7 heteroatoms. The van der Waals surface area contributed by atoms with Crippen molar-refractivity contribution in [1.29, 1.82) is 0 Å². The zero-order valence-electron chi connectivity index (χ0n) is 19.3. The molecule has 0 N–H and O–H groups in total. The highest BCUT2D eigenvalue weighted by molar-refractivity contribution is 7.99. The summed E-state index contributed by atoms with van der Waals surface area (Å²) < 4.78 is 18.5. The highest BCUT2D eigenvalue weighted by Crippen LogP contribution is 2.61. The molecule has 5 fully saturated rings. The predicted octanol–water partition coefficient (Wildman–Crippen LogP) is 6.26. The van der Waals surface area contributed by atoms with Gasteiger partial charge in [0.25, 0.3) is 0 Å². The van der Waals surface area contributed by atoms with Crippen LogP contribution < -0.4 is 0 Å². The Bertz CT molecular complexity index is 635. The standard InChI is InChI=1S/C24H39ClO5S/c1-16-9-10-20-18(3)21(31-14-8-6-5-7-13-26-15-17(2)25)27-22-24(20)19(16)11-12-23(4,28-22)29-30-24/h16,18-22H,2,5-15H2,1,3-4H3/t16-,18-,19+,20+,21+,22-,23?,24-/m1/s1. The van der Waals surface area contributed by atoms with E-state index in [-0.39, 0.29) is 11.7 Å². The van der Waals surface area contributed by atoms with Crippen LogP contribution in [-0.4, -0.2) is 42.1 Å². The summed E-state index contributed by atoms with van der Waals surface area (Å²) in [5.41, 5.74) is -0.294. The number of unbranched alkanes of at least 4 members (excludes halogenated alkanes) is 3. The monoisotopic (exact) mass is 474 g/mol. The number of fused-ring (bicyclic) bond motifs is 2. The SMILES string of the molecule is C=C(Cl)COCCCCCCS[C@@H]1O[C@@H]2OC3(C)CC[C@H]4[C@H](C)CC[C@@H]([C@H]1C)[C@@]24OO3. The first kappa shape index (κ1) is 24.3. The maximum atomic E-state index is 6.63. The summed E-state index contributed by atoms with van der Waals surface area (Å²) in [7, 11) is 0. The molecular formula is C24H39ClO5S. The van der Waals surface area contributed by atoms with E-state index in [9.17, 15) is 0 Å². The minimum atomic E-state index is -0.689. The fourth-order valence-corrected chi connectivity index (χ4v) is 7.46.